The second-order valence-corrected chi connectivity index (χ2v) is 5.37. The standard InChI is InChI=1S/C14H17FN2O/c15-12-6-3-10(7-13(12)16)14(18)17(11-4-5-11)8-9-1-2-9/h3,6-7,9,11H,1-2,4-5,8,16H2. The summed E-state index contributed by atoms with van der Waals surface area (Å²) in [5, 5.41) is 0. The maximum atomic E-state index is 13.1. The highest BCUT2D eigenvalue weighted by Crippen LogP contribution is 2.35. The molecule has 18 heavy (non-hydrogen) atoms. The van der Waals surface area contributed by atoms with E-state index in [9.17, 15) is 9.18 Å². The minimum atomic E-state index is -0.466. The van der Waals surface area contributed by atoms with Crippen molar-refractivity contribution in [2.75, 3.05) is 12.3 Å². The number of nitrogens with zero attached hydrogens (tertiary/aromatic N) is 1. The molecular formula is C14H17FN2O. The number of nitrogen functional groups attached to an aromatic ring is 1. The molecule has 1 aromatic carbocycles. The third-order valence-corrected chi connectivity index (χ3v) is 3.64. The molecule has 0 unspecified atom stereocenters. The van der Waals surface area contributed by atoms with Crippen molar-refractivity contribution >= 4 is 11.6 Å². The fraction of sp³-hybridized carbons (Fsp3) is 0.500. The zero-order valence-electron chi connectivity index (χ0n) is 10.2. The predicted octanol–water partition coefficient (Wildman–Crippen LogP) is 2.42. The second kappa shape index (κ2) is 4.26. The number of halogens is 1. The lowest BCUT2D eigenvalue weighted by Gasteiger charge is -2.22. The van der Waals surface area contributed by atoms with Crippen LogP contribution in [-0.2, 0) is 0 Å². The van der Waals surface area contributed by atoms with E-state index >= 15 is 0 Å². The topological polar surface area (TPSA) is 46.3 Å². The highest BCUT2D eigenvalue weighted by molar-refractivity contribution is 5.95. The van der Waals surface area contributed by atoms with E-state index in [0.717, 1.165) is 19.4 Å². The first-order valence-electron chi connectivity index (χ1n) is 6.51. The SMILES string of the molecule is Nc1cc(C(=O)N(CC2CC2)C2CC2)ccc1F. The monoisotopic (exact) mass is 248 g/mol. The molecule has 0 heterocycles. The van der Waals surface area contributed by atoms with Crippen molar-refractivity contribution in [1.29, 1.82) is 0 Å². The summed E-state index contributed by atoms with van der Waals surface area (Å²) in [6.45, 7) is 0.848. The molecule has 0 spiro atoms. The Bertz CT molecular complexity index is 481. The van der Waals surface area contributed by atoms with E-state index in [1.165, 1.54) is 31.0 Å². The van der Waals surface area contributed by atoms with Gasteiger partial charge in [-0.15, -0.1) is 0 Å². The van der Waals surface area contributed by atoms with Crippen LogP contribution in [0.4, 0.5) is 10.1 Å². The van der Waals surface area contributed by atoms with Crippen LogP contribution in [0.2, 0.25) is 0 Å². The van der Waals surface area contributed by atoms with Crippen LogP contribution in [0.1, 0.15) is 36.0 Å². The summed E-state index contributed by atoms with van der Waals surface area (Å²) in [5.74, 6) is 0.204. The molecule has 1 amide bonds. The van der Waals surface area contributed by atoms with Crippen molar-refractivity contribution < 1.29 is 9.18 Å². The van der Waals surface area contributed by atoms with Crippen LogP contribution in [0.3, 0.4) is 0 Å². The van der Waals surface area contributed by atoms with E-state index in [1.54, 1.807) is 0 Å². The van der Waals surface area contributed by atoms with E-state index in [1.807, 2.05) is 4.90 Å². The van der Waals surface area contributed by atoms with E-state index in [4.69, 9.17) is 5.73 Å². The first kappa shape index (κ1) is 11.5. The van der Waals surface area contributed by atoms with Gasteiger partial charge in [-0.25, -0.2) is 4.39 Å². The average Bonchev–Trinajstić information content (AvgIpc) is 3.22. The van der Waals surface area contributed by atoms with Crippen LogP contribution in [0.25, 0.3) is 0 Å². The molecule has 2 saturated carbocycles. The molecule has 2 aliphatic carbocycles. The van der Waals surface area contributed by atoms with Crippen LogP contribution in [0.5, 0.6) is 0 Å². The highest BCUT2D eigenvalue weighted by atomic mass is 19.1. The Morgan fingerprint density at radius 3 is 2.61 bits per heavy atom. The number of nitrogens with two attached hydrogens (primary N) is 1. The number of carbonyl (C=O) groups excluding carboxylic acids is 1. The lowest BCUT2D eigenvalue weighted by atomic mass is 10.1. The van der Waals surface area contributed by atoms with Crippen molar-refractivity contribution in [2.24, 2.45) is 5.92 Å². The molecule has 4 heteroatoms. The summed E-state index contributed by atoms with van der Waals surface area (Å²) in [5.41, 5.74) is 6.06. The Morgan fingerprint density at radius 1 is 1.33 bits per heavy atom. The number of hydrogen-bond acceptors (Lipinski definition) is 2. The summed E-state index contributed by atoms with van der Waals surface area (Å²) in [6.07, 6.45) is 4.63. The quantitative estimate of drug-likeness (QED) is 0.832. The summed E-state index contributed by atoms with van der Waals surface area (Å²) in [6, 6.07) is 4.63. The first-order valence-corrected chi connectivity index (χ1v) is 6.51. The van der Waals surface area contributed by atoms with Crippen molar-refractivity contribution in [2.45, 2.75) is 31.7 Å². The van der Waals surface area contributed by atoms with E-state index in [0.29, 0.717) is 17.5 Å². The van der Waals surface area contributed by atoms with Gasteiger partial charge in [0.1, 0.15) is 5.82 Å². The molecule has 0 radical (unpaired) electrons. The van der Waals surface area contributed by atoms with Crippen molar-refractivity contribution in [3.63, 3.8) is 0 Å². The molecular weight excluding hydrogens is 231 g/mol. The van der Waals surface area contributed by atoms with Gasteiger partial charge in [0.05, 0.1) is 5.69 Å². The fourth-order valence-electron chi connectivity index (χ4n) is 2.21. The van der Waals surface area contributed by atoms with E-state index < -0.39 is 5.82 Å². The molecule has 0 atom stereocenters. The molecule has 2 N–H and O–H groups in total. The van der Waals surface area contributed by atoms with Gasteiger partial charge >= 0.3 is 0 Å². The summed E-state index contributed by atoms with van der Waals surface area (Å²) < 4.78 is 13.1. The van der Waals surface area contributed by atoms with Gasteiger partial charge in [0.25, 0.3) is 5.91 Å². The molecule has 2 fully saturated rings. The number of carbonyl (C=O) groups is 1. The van der Waals surface area contributed by atoms with E-state index in [-0.39, 0.29) is 11.6 Å². The molecule has 0 bridgehead atoms. The number of amides is 1. The Morgan fingerprint density at radius 2 is 2.06 bits per heavy atom. The molecule has 3 rings (SSSR count). The minimum Gasteiger partial charge on any atom is -0.396 e. The molecule has 1 aromatic rings. The minimum absolute atomic E-state index is 0.00361. The number of benzene rings is 1. The lowest BCUT2D eigenvalue weighted by molar-refractivity contribution is 0.0735. The highest BCUT2D eigenvalue weighted by Gasteiger charge is 2.36. The number of anilines is 1. The van der Waals surface area contributed by atoms with Crippen LogP contribution >= 0.6 is 0 Å². The molecule has 2 aliphatic rings. The van der Waals surface area contributed by atoms with E-state index in [2.05, 4.69) is 0 Å². The molecule has 96 valence electrons. The van der Waals surface area contributed by atoms with Gasteiger partial charge in [0.2, 0.25) is 0 Å². The zero-order chi connectivity index (χ0) is 12.7. The Labute approximate surface area is 106 Å². The summed E-state index contributed by atoms with van der Waals surface area (Å²) in [7, 11) is 0. The van der Waals surface area contributed by atoms with Gasteiger partial charge in [0, 0.05) is 18.2 Å². The predicted molar refractivity (Wildman–Crippen MR) is 67.6 cm³/mol. The normalized spacial score (nSPS) is 18.7. The number of rotatable bonds is 4. The van der Waals surface area contributed by atoms with Gasteiger partial charge in [-0.3, -0.25) is 4.79 Å². The Kier molecular flexibility index (Phi) is 2.73. The number of hydrogen-bond donors (Lipinski definition) is 1. The zero-order valence-corrected chi connectivity index (χ0v) is 10.2. The third kappa shape index (κ3) is 2.33. The molecule has 0 aromatic heterocycles. The first-order chi connectivity index (χ1) is 8.65. The smallest absolute Gasteiger partial charge is 0.254 e. The van der Waals surface area contributed by atoms with Gasteiger partial charge in [0.15, 0.2) is 0 Å². The van der Waals surface area contributed by atoms with Crippen LogP contribution in [-0.4, -0.2) is 23.4 Å². The van der Waals surface area contributed by atoms with Crippen LogP contribution < -0.4 is 5.73 Å². The largest absolute Gasteiger partial charge is 0.396 e. The Balaban J connectivity index is 1.79. The van der Waals surface area contributed by atoms with Crippen LogP contribution in [0, 0.1) is 11.7 Å². The van der Waals surface area contributed by atoms with Crippen molar-refractivity contribution in [3.8, 4) is 0 Å². The summed E-state index contributed by atoms with van der Waals surface area (Å²) in [4.78, 5) is 14.3. The van der Waals surface area contributed by atoms with Crippen LogP contribution in [0.15, 0.2) is 18.2 Å². The Hall–Kier alpha value is -1.58. The average molecular weight is 248 g/mol. The maximum Gasteiger partial charge on any atom is 0.254 e. The lowest BCUT2D eigenvalue weighted by Crippen LogP contribution is -2.35. The van der Waals surface area contributed by atoms with Crippen molar-refractivity contribution in [1.82, 2.24) is 4.90 Å². The molecule has 0 saturated heterocycles. The summed E-state index contributed by atoms with van der Waals surface area (Å²) >= 11 is 0. The van der Waals surface area contributed by atoms with Crippen molar-refractivity contribution in [3.05, 3.63) is 29.6 Å². The second-order valence-electron chi connectivity index (χ2n) is 5.37. The maximum absolute atomic E-state index is 13.1. The third-order valence-electron chi connectivity index (χ3n) is 3.64. The van der Waals surface area contributed by atoms with Gasteiger partial charge in [-0.05, 0) is 49.8 Å². The fourth-order valence-corrected chi connectivity index (χ4v) is 2.21. The van der Waals surface area contributed by atoms with Gasteiger partial charge < -0.3 is 10.6 Å². The molecule has 0 aliphatic heterocycles. The molecule has 3 nitrogen and oxygen atoms in total. The van der Waals surface area contributed by atoms with Gasteiger partial charge in [-0.1, -0.05) is 0 Å². The van der Waals surface area contributed by atoms with Gasteiger partial charge in [-0.2, -0.15) is 0 Å².